The minimum atomic E-state index is -0.494. The first-order valence-corrected chi connectivity index (χ1v) is 4.12. The van der Waals surface area contributed by atoms with Gasteiger partial charge in [0, 0.05) is 12.3 Å². The third kappa shape index (κ3) is 1.90. The monoisotopic (exact) mass is 205 g/mol. The quantitative estimate of drug-likeness (QED) is 0.584. The number of hydrogen-bond acceptors (Lipinski definition) is 5. The molecule has 0 radical (unpaired) electrons. The molecule has 0 amide bonds. The van der Waals surface area contributed by atoms with Gasteiger partial charge in [0.2, 0.25) is 0 Å². The molecule has 0 aromatic carbocycles. The zero-order valence-electron chi connectivity index (χ0n) is 7.54. The fraction of sp³-hybridized carbons (Fsp3) is 0. The molecule has 0 fully saturated rings. The highest BCUT2D eigenvalue weighted by Crippen LogP contribution is 2.24. The number of rotatable bonds is 3. The van der Waals surface area contributed by atoms with Gasteiger partial charge in [-0.1, -0.05) is 0 Å². The Morgan fingerprint density at radius 2 is 2.27 bits per heavy atom. The summed E-state index contributed by atoms with van der Waals surface area (Å²) in [5.74, 6) is 0.587. The smallest absolute Gasteiger partial charge is 0.310 e. The maximum Gasteiger partial charge on any atom is 0.310 e. The van der Waals surface area contributed by atoms with E-state index in [-0.39, 0.29) is 5.69 Å². The van der Waals surface area contributed by atoms with Crippen LogP contribution in [0, 0.1) is 10.1 Å². The molecule has 15 heavy (non-hydrogen) atoms. The van der Waals surface area contributed by atoms with Crippen molar-refractivity contribution in [2.45, 2.75) is 0 Å². The first-order chi connectivity index (χ1) is 7.27. The van der Waals surface area contributed by atoms with E-state index in [1.807, 2.05) is 0 Å². The Balaban J connectivity index is 2.32. The van der Waals surface area contributed by atoms with Gasteiger partial charge in [-0.25, -0.2) is 0 Å². The maximum atomic E-state index is 10.6. The van der Waals surface area contributed by atoms with Crippen LogP contribution in [0.4, 0.5) is 17.2 Å². The summed E-state index contributed by atoms with van der Waals surface area (Å²) in [7, 11) is 0. The number of H-pyrrole nitrogens is 1. The lowest BCUT2D eigenvalue weighted by molar-refractivity contribution is -0.384. The Labute approximate surface area is 84.3 Å². The lowest BCUT2D eigenvalue weighted by Gasteiger charge is -2.02. The molecule has 0 atom stereocenters. The molecule has 2 aromatic rings. The predicted octanol–water partition coefficient (Wildman–Crippen LogP) is 1.46. The van der Waals surface area contributed by atoms with E-state index in [0.29, 0.717) is 11.5 Å². The molecule has 7 heteroatoms. The number of nitrogens with one attached hydrogen (secondary N) is 2. The largest absolute Gasteiger partial charge is 0.335 e. The maximum absolute atomic E-state index is 10.6. The highest BCUT2D eigenvalue weighted by molar-refractivity contribution is 5.66. The molecule has 0 aliphatic heterocycles. The molecule has 2 heterocycles. The number of anilines is 2. The molecule has 0 saturated carbocycles. The van der Waals surface area contributed by atoms with Crippen molar-refractivity contribution in [3.63, 3.8) is 0 Å². The first kappa shape index (κ1) is 9.13. The van der Waals surface area contributed by atoms with Crippen molar-refractivity contribution in [1.29, 1.82) is 0 Å². The zero-order chi connectivity index (χ0) is 10.7. The normalized spacial score (nSPS) is 9.87. The molecule has 0 spiro atoms. The van der Waals surface area contributed by atoms with E-state index in [0.717, 1.165) is 0 Å². The van der Waals surface area contributed by atoms with E-state index in [1.54, 1.807) is 12.3 Å². The average molecular weight is 205 g/mol. The van der Waals surface area contributed by atoms with Gasteiger partial charge in [-0.05, 0) is 6.07 Å². The molecule has 7 nitrogen and oxygen atoms in total. The van der Waals surface area contributed by atoms with Gasteiger partial charge in [-0.15, -0.1) is 0 Å². The Hall–Kier alpha value is -2.44. The summed E-state index contributed by atoms with van der Waals surface area (Å²) in [5, 5.41) is 19.9. The van der Waals surface area contributed by atoms with E-state index in [2.05, 4.69) is 20.5 Å². The SMILES string of the molecule is O=[N+]([O-])c1cnccc1Nc1ccn[nH]1. The average Bonchev–Trinajstić information content (AvgIpc) is 2.71. The van der Waals surface area contributed by atoms with Crippen LogP contribution in [0.3, 0.4) is 0 Å². The van der Waals surface area contributed by atoms with Gasteiger partial charge >= 0.3 is 5.69 Å². The minimum absolute atomic E-state index is 0.0768. The summed E-state index contributed by atoms with van der Waals surface area (Å²) in [5.41, 5.74) is 0.298. The van der Waals surface area contributed by atoms with E-state index >= 15 is 0 Å². The van der Waals surface area contributed by atoms with Crippen LogP contribution in [0.1, 0.15) is 0 Å². The van der Waals surface area contributed by atoms with Gasteiger partial charge in [-0.2, -0.15) is 5.10 Å². The second kappa shape index (κ2) is 3.74. The van der Waals surface area contributed by atoms with Crippen LogP contribution in [-0.4, -0.2) is 20.1 Å². The third-order valence-electron chi connectivity index (χ3n) is 1.77. The second-order valence-electron chi connectivity index (χ2n) is 2.75. The topological polar surface area (TPSA) is 96.7 Å². The van der Waals surface area contributed by atoms with E-state index in [4.69, 9.17) is 0 Å². The Bertz CT molecular complexity index is 468. The number of aromatic nitrogens is 3. The fourth-order valence-electron chi connectivity index (χ4n) is 1.11. The molecular weight excluding hydrogens is 198 g/mol. The predicted molar refractivity (Wildman–Crippen MR) is 52.8 cm³/mol. The standard InChI is InChI=1S/C8H7N5O2/c14-13(15)7-5-9-3-1-6(7)11-8-2-4-10-12-8/h1-5H,(H2,9,10,11,12). The lowest BCUT2D eigenvalue weighted by Crippen LogP contribution is -1.97. The second-order valence-corrected chi connectivity index (χ2v) is 2.75. The molecule has 2 rings (SSSR count). The number of nitrogens with zero attached hydrogens (tertiary/aromatic N) is 3. The number of aromatic amines is 1. The van der Waals surface area contributed by atoms with Crippen LogP contribution in [0.2, 0.25) is 0 Å². The van der Waals surface area contributed by atoms with Crippen molar-refractivity contribution < 1.29 is 4.92 Å². The van der Waals surface area contributed by atoms with E-state index < -0.39 is 4.92 Å². The molecular formula is C8H7N5O2. The van der Waals surface area contributed by atoms with Crippen LogP contribution in [0.5, 0.6) is 0 Å². The lowest BCUT2D eigenvalue weighted by atomic mass is 10.3. The number of pyridine rings is 1. The fourth-order valence-corrected chi connectivity index (χ4v) is 1.11. The van der Waals surface area contributed by atoms with Crippen molar-refractivity contribution in [2.75, 3.05) is 5.32 Å². The van der Waals surface area contributed by atoms with E-state index in [1.165, 1.54) is 18.5 Å². The van der Waals surface area contributed by atoms with Crippen molar-refractivity contribution >= 4 is 17.2 Å². The van der Waals surface area contributed by atoms with Crippen LogP contribution < -0.4 is 5.32 Å². The molecule has 0 bridgehead atoms. The van der Waals surface area contributed by atoms with Gasteiger partial charge < -0.3 is 5.32 Å². The van der Waals surface area contributed by atoms with Gasteiger partial charge in [-0.3, -0.25) is 20.2 Å². The van der Waals surface area contributed by atoms with Gasteiger partial charge in [0.1, 0.15) is 17.7 Å². The van der Waals surface area contributed by atoms with Crippen LogP contribution in [0.25, 0.3) is 0 Å². The van der Waals surface area contributed by atoms with Crippen LogP contribution in [-0.2, 0) is 0 Å². The summed E-state index contributed by atoms with van der Waals surface area (Å²) < 4.78 is 0. The van der Waals surface area contributed by atoms with Gasteiger partial charge in [0.25, 0.3) is 0 Å². The number of nitro groups is 1. The van der Waals surface area contributed by atoms with Crippen molar-refractivity contribution in [1.82, 2.24) is 15.2 Å². The van der Waals surface area contributed by atoms with Crippen LogP contribution in [0.15, 0.2) is 30.7 Å². The molecule has 0 aliphatic rings. The summed E-state index contributed by atoms with van der Waals surface area (Å²) in [6, 6.07) is 3.20. The summed E-state index contributed by atoms with van der Waals surface area (Å²) in [4.78, 5) is 13.8. The van der Waals surface area contributed by atoms with Gasteiger partial charge in [0.15, 0.2) is 0 Å². The molecule has 0 unspecified atom stereocenters. The third-order valence-corrected chi connectivity index (χ3v) is 1.77. The Kier molecular flexibility index (Phi) is 2.28. The van der Waals surface area contributed by atoms with Crippen molar-refractivity contribution in [3.8, 4) is 0 Å². The van der Waals surface area contributed by atoms with Crippen LogP contribution >= 0.6 is 0 Å². The molecule has 0 aliphatic carbocycles. The minimum Gasteiger partial charge on any atom is -0.335 e. The highest BCUT2D eigenvalue weighted by Gasteiger charge is 2.13. The summed E-state index contributed by atoms with van der Waals surface area (Å²) in [6.07, 6.45) is 4.22. The van der Waals surface area contributed by atoms with Crippen molar-refractivity contribution in [2.24, 2.45) is 0 Å². The Morgan fingerprint density at radius 1 is 1.40 bits per heavy atom. The molecule has 2 N–H and O–H groups in total. The molecule has 0 saturated heterocycles. The number of hydrogen-bond donors (Lipinski definition) is 2. The Morgan fingerprint density at radius 3 is 2.93 bits per heavy atom. The van der Waals surface area contributed by atoms with Crippen molar-refractivity contribution in [3.05, 3.63) is 40.8 Å². The summed E-state index contributed by atoms with van der Waals surface area (Å²) >= 11 is 0. The first-order valence-electron chi connectivity index (χ1n) is 4.12. The molecule has 2 aromatic heterocycles. The zero-order valence-corrected chi connectivity index (χ0v) is 7.54. The van der Waals surface area contributed by atoms with Gasteiger partial charge in [0.05, 0.1) is 11.1 Å². The van der Waals surface area contributed by atoms with E-state index in [9.17, 15) is 10.1 Å². The summed E-state index contributed by atoms with van der Waals surface area (Å²) in [6.45, 7) is 0. The highest BCUT2D eigenvalue weighted by atomic mass is 16.6. The molecule has 76 valence electrons.